The van der Waals surface area contributed by atoms with Crippen LogP contribution in [-0.2, 0) is 0 Å². The summed E-state index contributed by atoms with van der Waals surface area (Å²) in [5.41, 5.74) is 7.45. The summed E-state index contributed by atoms with van der Waals surface area (Å²) in [5, 5.41) is 1.62. The second kappa shape index (κ2) is 6.41. The number of nitrogen functional groups attached to an aromatic ring is 1. The van der Waals surface area contributed by atoms with Crippen LogP contribution in [0.4, 0.5) is 5.69 Å². The molecule has 0 unspecified atom stereocenters. The normalized spacial score (nSPS) is 18.6. The van der Waals surface area contributed by atoms with Crippen molar-refractivity contribution in [1.29, 1.82) is 0 Å². The SMILES string of the molecule is C=CCN1CCC(N2C(=O)c3cccc4c(N)c(Cl)cc(c34)C2=O)CC1. The number of halogens is 1. The lowest BCUT2D eigenvalue weighted by molar-refractivity contribution is 0.0464. The zero-order valence-electron chi connectivity index (χ0n) is 14.4. The first-order chi connectivity index (χ1) is 12.5. The molecule has 5 nitrogen and oxygen atoms in total. The van der Waals surface area contributed by atoms with Crippen LogP contribution in [0.3, 0.4) is 0 Å². The van der Waals surface area contributed by atoms with E-state index in [2.05, 4.69) is 11.5 Å². The summed E-state index contributed by atoms with van der Waals surface area (Å²) >= 11 is 6.24. The minimum atomic E-state index is -0.275. The standard InChI is InChI=1S/C20H20ClN3O2/c1-2-8-23-9-6-12(7-10-23)24-19(25)14-5-3-4-13-17(14)15(20(24)26)11-16(21)18(13)22/h2-5,11-12H,1,6-10,22H2. The zero-order chi connectivity index (χ0) is 18.4. The first-order valence-electron chi connectivity index (χ1n) is 8.74. The molecule has 0 atom stereocenters. The Morgan fingerprint density at radius 3 is 2.58 bits per heavy atom. The average Bonchev–Trinajstić information content (AvgIpc) is 2.65. The van der Waals surface area contributed by atoms with Crippen LogP contribution in [0.5, 0.6) is 0 Å². The van der Waals surface area contributed by atoms with Gasteiger partial charge in [-0.15, -0.1) is 6.58 Å². The lowest BCUT2D eigenvalue weighted by atomic mass is 9.90. The number of carbonyl (C=O) groups excluding carboxylic acids is 2. The van der Waals surface area contributed by atoms with E-state index in [-0.39, 0.29) is 17.9 Å². The van der Waals surface area contributed by atoms with Crippen LogP contribution in [0.25, 0.3) is 10.8 Å². The highest BCUT2D eigenvalue weighted by atomic mass is 35.5. The molecule has 2 N–H and O–H groups in total. The van der Waals surface area contributed by atoms with Crippen LogP contribution in [0, 0.1) is 0 Å². The maximum atomic E-state index is 13.2. The molecule has 0 saturated carbocycles. The van der Waals surface area contributed by atoms with Crippen LogP contribution in [0.2, 0.25) is 5.02 Å². The summed E-state index contributed by atoms with van der Waals surface area (Å²) in [6.07, 6.45) is 3.40. The van der Waals surface area contributed by atoms with Crippen molar-refractivity contribution in [2.45, 2.75) is 18.9 Å². The van der Waals surface area contributed by atoms with Crippen molar-refractivity contribution in [3.05, 3.63) is 53.1 Å². The Balaban J connectivity index is 1.75. The number of rotatable bonds is 3. The van der Waals surface area contributed by atoms with Crippen molar-refractivity contribution in [3.8, 4) is 0 Å². The van der Waals surface area contributed by atoms with Gasteiger partial charge in [-0.1, -0.05) is 29.8 Å². The van der Waals surface area contributed by atoms with Gasteiger partial charge in [0, 0.05) is 42.0 Å². The highest BCUT2D eigenvalue weighted by Crippen LogP contribution is 2.38. The molecular weight excluding hydrogens is 350 g/mol. The number of nitrogens with zero attached hydrogens (tertiary/aromatic N) is 2. The Kier molecular flexibility index (Phi) is 4.21. The van der Waals surface area contributed by atoms with E-state index in [0.29, 0.717) is 32.6 Å². The van der Waals surface area contributed by atoms with Gasteiger partial charge in [0.1, 0.15) is 0 Å². The number of piperidine rings is 1. The third-order valence-corrected chi connectivity index (χ3v) is 5.67. The third-order valence-electron chi connectivity index (χ3n) is 5.36. The smallest absolute Gasteiger partial charge is 0.261 e. The fourth-order valence-corrected chi connectivity index (χ4v) is 4.26. The summed E-state index contributed by atoms with van der Waals surface area (Å²) < 4.78 is 0. The van der Waals surface area contributed by atoms with E-state index in [1.54, 1.807) is 24.3 Å². The van der Waals surface area contributed by atoms with E-state index in [1.807, 2.05) is 6.08 Å². The average molecular weight is 370 g/mol. The Bertz CT molecular complexity index is 932. The van der Waals surface area contributed by atoms with Crippen LogP contribution in [0.1, 0.15) is 33.6 Å². The predicted molar refractivity (Wildman–Crippen MR) is 104 cm³/mol. The van der Waals surface area contributed by atoms with Gasteiger partial charge in [0.2, 0.25) is 0 Å². The molecule has 1 fully saturated rings. The fraction of sp³-hybridized carbons (Fsp3) is 0.300. The molecule has 2 aromatic carbocycles. The maximum Gasteiger partial charge on any atom is 0.261 e. The number of imide groups is 1. The Morgan fingerprint density at radius 2 is 1.88 bits per heavy atom. The van der Waals surface area contributed by atoms with Gasteiger partial charge in [-0.05, 0) is 25.0 Å². The van der Waals surface area contributed by atoms with E-state index in [1.165, 1.54) is 4.90 Å². The molecule has 2 amide bonds. The highest BCUT2D eigenvalue weighted by Gasteiger charge is 2.39. The van der Waals surface area contributed by atoms with Crippen molar-refractivity contribution in [3.63, 3.8) is 0 Å². The molecule has 0 aliphatic carbocycles. The fourth-order valence-electron chi connectivity index (χ4n) is 4.05. The number of nitrogens with two attached hydrogens (primary N) is 1. The molecule has 1 saturated heterocycles. The lowest BCUT2D eigenvalue weighted by Crippen LogP contribution is -2.51. The van der Waals surface area contributed by atoms with Gasteiger partial charge >= 0.3 is 0 Å². The third kappa shape index (κ3) is 2.50. The first-order valence-corrected chi connectivity index (χ1v) is 9.12. The summed E-state index contributed by atoms with van der Waals surface area (Å²) in [4.78, 5) is 30.0. The molecule has 6 heteroatoms. The number of hydrogen-bond acceptors (Lipinski definition) is 4. The Morgan fingerprint density at radius 1 is 1.19 bits per heavy atom. The van der Waals surface area contributed by atoms with Crippen molar-refractivity contribution in [2.24, 2.45) is 0 Å². The number of benzene rings is 2. The molecule has 2 heterocycles. The first kappa shape index (κ1) is 17.1. The van der Waals surface area contributed by atoms with Gasteiger partial charge in [0.15, 0.2) is 0 Å². The van der Waals surface area contributed by atoms with E-state index >= 15 is 0 Å². The zero-order valence-corrected chi connectivity index (χ0v) is 15.1. The van der Waals surface area contributed by atoms with Crippen LogP contribution < -0.4 is 5.73 Å². The largest absolute Gasteiger partial charge is 0.397 e. The molecule has 0 bridgehead atoms. The monoisotopic (exact) mass is 369 g/mol. The molecular formula is C20H20ClN3O2. The number of likely N-dealkylation sites (tertiary alicyclic amines) is 1. The second-order valence-electron chi connectivity index (χ2n) is 6.85. The lowest BCUT2D eigenvalue weighted by Gasteiger charge is -2.39. The predicted octanol–water partition coefficient (Wildman–Crippen LogP) is 3.32. The summed E-state index contributed by atoms with van der Waals surface area (Å²) in [6.45, 7) is 6.27. The van der Waals surface area contributed by atoms with Crippen LogP contribution >= 0.6 is 11.6 Å². The van der Waals surface area contributed by atoms with Crippen molar-refractivity contribution in [1.82, 2.24) is 9.80 Å². The summed E-state index contributed by atoms with van der Waals surface area (Å²) in [7, 11) is 0. The van der Waals surface area contributed by atoms with Gasteiger partial charge in [-0.2, -0.15) is 0 Å². The second-order valence-corrected chi connectivity index (χ2v) is 7.26. The quantitative estimate of drug-likeness (QED) is 0.512. The van der Waals surface area contributed by atoms with Gasteiger partial charge in [-0.3, -0.25) is 19.4 Å². The van der Waals surface area contributed by atoms with Gasteiger partial charge in [0.25, 0.3) is 11.8 Å². The Hall–Kier alpha value is -2.37. The van der Waals surface area contributed by atoms with Gasteiger partial charge in [-0.25, -0.2) is 0 Å². The summed E-state index contributed by atoms with van der Waals surface area (Å²) in [6, 6.07) is 6.83. The molecule has 134 valence electrons. The highest BCUT2D eigenvalue weighted by molar-refractivity contribution is 6.37. The van der Waals surface area contributed by atoms with Crippen molar-refractivity contribution in [2.75, 3.05) is 25.4 Å². The number of amides is 2. The molecule has 0 aromatic heterocycles. The molecule has 2 aliphatic heterocycles. The van der Waals surface area contributed by atoms with Crippen molar-refractivity contribution < 1.29 is 9.59 Å². The summed E-state index contributed by atoms with van der Waals surface area (Å²) in [5.74, 6) is -0.514. The number of carbonyl (C=O) groups is 2. The number of anilines is 1. The van der Waals surface area contributed by atoms with Gasteiger partial charge in [0.05, 0.1) is 16.3 Å². The maximum absolute atomic E-state index is 13.2. The molecule has 0 spiro atoms. The molecule has 0 radical (unpaired) electrons. The van der Waals surface area contributed by atoms with E-state index in [0.717, 1.165) is 32.5 Å². The molecule has 26 heavy (non-hydrogen) atoms. The minimum absolute atomic E-state index is 0.101. The van der Waals surface area contributed by atoms with E-state index < -0.39 is 0 Å². The topological polar surface area (TPSA) is 66.6 Å². The van der Waals surface area contributed by atoms with Crippen LogP contribution in [-0.4, -0.2) is 47.3 Å². The Labute approximate surface area is 157 Å². The van der Waals surface area contributed by atoms with E-state index in [9.17, 15) is 9.59 Å². The minimum Gasteiger partial charge on any atom is -0.397 e. The van der Waals surface area contributed by atoms with Crippen molar-refractivity contribution >= 4 is 39.9 Å². The molecule has 4 rings (SSSR count). The number of hydrogen-bond donors (Lipinski definition) is 1. The van der Waals surface area contributed by atoms with E-state index in [4.69, 9.17) is 17.3 Å². The molecule has 2 aliphatic rings. The van der Waals surface area contributed by atoms with Crippen LogP contribution in [0.15, 0.2) is 36.9 Å². The van der Waals surface area contributed by atoms with Gasteiger partial charge < -0.3 is 5.73 Å². The molecule has 2 aromatic rings.